The lowest BCUT2D eigenvalue weighted by Crippen LogP contribution is -2.18. The van der Waals surface area contributed by atoms with Crippen molar-refractivity contribution in [3.63, 3.8) is 0 Å². The van der Waals surface area contributed by atoms with Gasteiger partial charge in [0.15, 0.2) is 9.84 Å². The number of nitrogens with one attached hydrogen (secondary N) is 1. The van der Waals surface area contributed by atoms with Gasteiger partial charge in [0.1, 0.15) is 0 Å². The van der Waals surface area contributed by atoms with E-state index in [0.717, 1.165) is 17.6 Å². The third kappa shape index (κ3) is 3.73. The van der Waals surface area contributed by atoms with E-state index in [-0.39, 0.29) is 10.8 Å². The van der Waals surface area contributed by atoms with Crippen molar-refractivity contribution < 1.29 is 13.2 Å². The summed E-state index contributed by atoms with van der Waals surface area (Å²) in [5.41, 5.74) is 3.73. The molecule has 0 saturated carbocycles. The summed E-state index contributed by atoms with van der Waals surface area (Å²) in [4.78, 5) is 19.1. The van der Waals surface area contributed by atoms with E-state index in [1.165, 1.54) is 0 Å². The number of benzene rings is 1. The van der Waals surface area contributed by atoms with Crippen LogP contribution in [-0.2, 0) is 29.9 Å². The number of sulfone groups is 1. The van der Waals surface area contributed by atoms with Gasteiger partial charge in [0.05, 0.1) is 39.8 Å². The predicted molar refractivity (Wildman–Crippen MR) is 109 cm³/mol. The maximum Gasteiger partial charge on any atom is 0.257 e. The van der Waals surface area contributed by atoms with Crippen LogP contribution in [0.5, 0.6) is 0 Å². The molecular formula is C20H21N5O3S. The fourth-order valence-corrected chi connectivity index (χ4v) is 4.31. The zero-order chi connectivity index (χ0) is 20.8. The number of carbonyl (C=O) groups is 1. The van der Waals surface area contributed by atoms with Gasteiger partial charge in [-0.25, -0.2) is 8.42 Å². The van der Waals surface area contributed by atoms with E-state index in [0.29, 0.717) is 35.6 Å². The molecule has 9 heteroatoms. The van der Waals surface area contributed by atoms with Gasteiger partial charge in [-0.05, 0) is 24.3 Å². The molecule has 1 aliphatic heterocycles. The Morgan fingerprint density at radius 2 is 1.86 bits per heavy atom. The summed E-state index contributed by atoms with van der Waals surface area (Å²) < 4.78 is 26.1. The Morgan fingerprint density at radius 1 is 1.10 bits per heavy atom. The molecule has 0 saturated heterocycles. The van der Waals surface area contributed by atoms with Crippen molar-refractivity contribution in [3.8, 4) is 0 Å². The van der Waals surface area contributed by atoms with Crippen LogP contribution in [0.2, 0.25) is 0 Å². The maximum absolute atomic E-state index is 12.7. The van der Waals surface area contributed by atoms with Gasteiger partial charge in [0, 0.05) is 38.7 Å². The van der Waals surface area contributed by atoms with Gasteiger partial charge in [-0.2, -0.15) is 5.10 Å². The molecule has 1 amide bonds. The summed E-state index contributed by atoms with van der Waals surface area (Å²) in [7, 11) is 0.134. The lowest BCUT2D eigenvalue weighted by molar-refractivity contribution is 0.0817. The minimum Gasteiger partial charge on any atom is -0.354 e. The average molecular weight is 411 g/mol. The number of hydrogen-bond donors (Lipinski definition) is 1. The third-order valence-electron chi connectivity index (χ3n) is 4.78. The van der Waals surface area contributed by atoms with Gasteiger partial charge < -0.3 is 10.2 Å². The van der Waals surface area contributed by atoms with Crippen molar-refractivity contribution in [1.29, 1.82) is 0 Å². The monoisotopic (exact) mass is 411 g/mol. The van der Waals surface area contributed by atoms with Crippen molar-refractivity contribution in [1.82, 2.24) is 19.7 Å². The highest BCUT2D eigenvalue weighted by Gasteiger charge is 2.30. The van der Waals surface area contributed by atoms with Gasteiger partial charge in [0.25, 0.3) is 5.91 Å². The highest BCUT2D eigenvalue weighted by Crippen LogP contribution is 2.33. The lowest BCUT2D eigenvalue weighted by Gasteiger charge is -2.14. The van der Waals surface area contributed by atoms with Crippen LogP contribution in [0, 0.1) is 0 Å². The van der Waals surface area contributed by atoms with Gasteiger partial charge in [-0.15, -0.1) is 0 Å². The first-order valence-electron chi connectivity index (χ1n) is 9.05. The number of para-hydroxylation sites is 1. The van der Waals surface area contributed by atoms with Crippen LogP contribution in [0.4, 0.5) is 11.4 Å². The third-order valence-corrected chi connectivity index (χ3v) is 5.94. The Hall–Kier alpha value is -3.20. The van der Waals surface area contributed by atoms with E-state index in [2.05, 4.69) is 15.4 Å². The molecule has 0 fully saturated rings. The first-order chi connectivity index (χ1) is 13.7. The number of aromatic nitrogens is 3. The Labute approximate surface area is 169 Å². The summed E-state index contributed by atoms with van der Waals surface area (Å²) in [5, 5.41) is 7.56. The standard InChI is InChI=1S/C20H21N5O3S/c1-24-12-17-19(20(24)26)16(11-14(21-17)10-13-8-9-25(2)23-13)22-15-6-4-5-7-18(15)29(3,27)28/h4-9,11H,10,12H2,1-3H3,(H,21,22). The molecule has 0 spiro atoms. The summed E-state index contributed by atoms with van der Waals surface area (Å²) in [6.07, 6.45) is 3.53. The zero-order valence-electron chi connectivity index (χ0n) is 16.4. The zero-order valence-corrected chi connectivity index (χ0v) is 17.2. The Balaban J connectivity index is 1.79. The number of carbonyl (C=O) groups excluding carboxylic acids is 1. The highest BCUT2D eigenvalue weighted by molar-refractivity contribution is 7.90. The lowest BCUT2D eigenvalue weighted by atomic mass is 10.1. The fraction of sp³-hybridized carbons (Fsp3) is 0.250. The smallest absolute Gasteiger partial charge is 0.257 e. The number of anilines is 2. The minimum absolute atomic E-state index is 0.142. The molecule has 3 aromatic rings. The number of pyridine rings is 1. The van der Waals surface area contributed by atoms with E-state index >= 15 is 0 Å². The molecule has 0 atom stereocenters. The number of aryl methyl sites for hydroxylation is 1. The second-order valence-electron chi connectivity index (χ2n) is 7.19. The number of hydrogen-bond acceptors (Lipinski definition) is 6. The number of nitrogens with zero attached hydrogens (tertiary/aromatic N) is 4. The molecule has 29 heavy (non-hydrogen) atoms. The molecule has 2 aromatic heterocycles. The van der Waals surface area contributed by atoms with E-state index in [1.54, 1.807) is 47.0 Å². The minimum atomic E-state index is -3.43. The average Bonchev–Trinajstić information content (AvgIpc) is 3.17. The van der Waals surface area contributed by atoms with Crippen LogP contribution < -0.4 is 5.32 Å². The van der Waals surface area contributed by atoms with Crippen LogP contribution in [0.15, 0.2) is 47.5 Å². The summed E-state index contributed by atoms with van der Waals surface area (Å²) in [5.74, 6) is -0.142. The van der Waals surface area contributed by atoms with E-state index in [9.17, 15) is 13.2 Å². The number of amides is 1. The summed E-state index contributed by atoms with van der Waals surface area (Å²) >= 11 is 0. The number of fused-ring (bicyclic) bond motifs is 1. The summed E-state index contributed by atoms with van der Waals surface area (Å²) in [6.45, 7) is 0.409. The number of rotatable bonds is 5. The van der Waals surface area contributed by atoms with Crippen LogP contribution >= 0.6 is 0 Å². The van der Waals surface area contributed by atoms with Gasteiger partial charge >= 0.3 is 0 Å². The second-order valence-corrected chi connectivity index (χ2v) is 9.18. The molecule has 1 aliphatic rings. The van der Waals surface area contributed by atoms with Gasteiger partial charge in [-0.3, -0.25) is 14.5 Å². The molecule has 0 radical (unpaired) electrons. The molecule has 8 nitrogen and oxygen atoms in total. The normalized spacial score (nSPS) is 13.6. The molecule has 0 aliphatic carbocycles. The van der Waals surface area contributed by atoms with Crippen molar-refractivity contribution in [2.75, 3.05) is 18.6 Å². The molecule has 150 valence electrons. The Morgan fingerprint density at radius 3 is 2.55 bits per heavy atom. The van der Waals surface area contributed by atoms with Crippen LogP contribution in [-0.4, -0.2) is 47.3 Å². The van der Waals surface area contributed by atoms with E-state index in [1.807, 2.05) is 19.3 Å². The van der Waals surface area contributed by atoms with Crippen molar-refractivity contribution >= 4 is 27.1 Å². The SMILES string of the molecule is CN1Cc2nc(Cc3ccn(C)n3)cc(Nc3ccccc3S(C)(=O)=O)c2C1=O. The first kappa shape index (κ1) is 19.1. The molecule has 0 bridgehead atoms. The highest BCUT2D eigenvalue weighted by atomic mass is 32.2. The van der Waals surface area contributed by atoms with E-state index < -0.39 is 9.84 Å². The molecule has 1 N–H and O–H groups in total. The maximum atomic E-state index is 12.7. The van der Waals surface area contributed by atoms with Crippen LogP contribution in [0.1, 0.15) is 27.4 Å². The molecular weight excluding hydrogens is 390 g/mol. The largest absolute Gasteiger partial charge is 0.354 e. The second kappa shape index (κ2) is 7.00. The van der Waals surface area contributed by atoms with Crippen LogP contribution in [0.25, 0.3) is 0 Å². The molecule has 0 unspecified atom stereocenters. The fourth-order valence-electron chi connectivity index (χ4n) is 3.47. The molecule has 4 rings (SSSR count). The first-order valence-corrected chi connectivity index (χ1v) is 10.9. The van der Waals surface area contributed by atoms with E-state index in [4.69, 9.17) is 0 Å². The Bertz CT molecular complexity index is 1220. The Kier molecular flexibility index (Phi) is 4.62. The quantitative estimate of drug-likeness (QED) is 0.691. The van der Waals surface area contributed by atoms with Crippen molar-refractivity contribution in [3.05, 3.63) is 65.2 Å². The van der Waals surface area contributed by atoms with Crippen molar-refractivity contribution in [2.24, 2.45) is 7.05 Å². The molecule has 1 aromatic carbocycles. The topological polar surface area (TPSA) is 97.2 Å². The predicted octanol–water partition coefficient (Wildman–Crippen LogP) is 2.14. The van der Waals surface area contributed by atoms with Gasteiger partial charge in [-0.1, -0.05) is 12.1 Å². The molecule has 3 heterocycles. The van der Waals surface area contributed by atoms with Gasteiger partial charge in [0.2, 0.25) is 0 Å². The summed E-state index contributed by atoms with van der Waals surface area (Å²) in [6, 6.07) is 10.4. The van der Waals surface area contributed by atoms with Crippen molar-refractivity contribution in [2.45, 2.75) is 17.9 Å². The van der Waals surface area contributed by atoms with Crippen LogP contribution in [0.3, 0.4) is 0 Å².